The van der Waals surface area contributed by atoms with Crippen molar-refractivity contribution in [1.29, 1.82) is 0 Å². The molecular weight excluding hydrogens is 216 g/mol. The Hall–Kier alpha value is -0.780. The molecule has 0 N–H and O–H groups in total. The second-order valence-corrected chi connectivity index (χ2v) is 6.25. The van der Waals surface area contributed by atoms with Crippen LogP contribution < -0.4 is 0 Å². The first kappa shape index (κ1) is 13.6. The minimum Gasteiger partial charge on any atom is -0.0880 e. The molecule has 0 aromatic rings. The maximum absolute atomic E-state index is 2.55. The highest BCUT2D eigenvalue weighted by atomic mass is 14.3. The molecule has 0 nitrogen and oxygen atoms in total. The Morgan fingerprint density at radius 2 is 2.17 bits per heavy atom. The van der Waals surface area contributed by atoms with E-state index in [1.807, 2.05) is 0 Å². The maximum Gasteiger partial charge on any atom is -0.0142 e. The van der Waals surface area contributed by atoms with E-state index in [9.17, 15) is 0 Å². The standard InChI is InChI=1S/C18H28/c1-4-17-10-6-8-15(3)18(17)12-11-16-9-5-7-14(2)13-16/h6-8,11-12,15-18H,4-5,9-10,13H2,1-3H3. The summed E-state index contributed by atoms with van der Waals surface area (Å²) in [6.07, 6.45) is 18.8. The second kappa shape index (κ2) is 6.41. The summed E-state index contributed by atoms with van der Waals surface area (Å²) in [4.78, 5) is 0. The van der Waals surface area contributed by atoms with Crippen LogP contribution in [0.3, 0.4) is 0 Å². The van der Waals surface area contributed by atoms with Crippen LogP contribution in [-0.4, -0.2) is 0 Å². The summed E-state index contributed by atoms with van der Waals surface area (Å²) >= 11 is 0. The summed E-state index contributed by atoms with van der Waals surface area (Å²) < 4.78 is 0. The highest BCUT2D eigenvalue weighted by Gasteiger charge is 2.24. The molecule has 0 spiro atoms. The van der Waals surface area contributed by atoms with E-state index in [-0.39, 0.29) is 0 Å². The SMILES string of the molecule is CCC1CC=CC(C)C1C=CC1CCC=C(C)C1. The smallest absolute Gasteiger partial charge is 0.0142 e. The van der Waals surface area contributed by atoms with Gasteiger partial charge in [0.15, 0.2) is 0 Å². The first-order valence-electron chi connectivity index (χ1n) is 7.71. The fraction of sp³-hybridized carbons (Fsp3) is 0.667. The van der Waals surface area contributed by atoms with E-state index in [4.69, 9.17) is 0 Å². The topological polar surface area (TPSA) is 0 Å². The molecule has 0 aromatic heterocycles. The molecule has 2 rings (SSSR count). The van der Waals surface area contributed by atoms with Crippen LogP contribution in [0, 0.1) is 23.7 Å². The third-order valence-corrected chi connectivity index (χ3v) is 4.77. The van der Waals surface area contributed by atoms with Crippen molar-refractivity contribution >= 4 is 0 Å². The minimum absolute atomic E-state index is 0.722. The Kier molecular flexibility index (Phi) is 4.86. The molecule has 0 radical (unpaired) electrons. The summed E-state index contributed by atoms with van der Waals surface area (Å²) in [6.45, 7) is 6.99. The molecule has 2 aliphatic rings. The molecule has 2 aliphatic carbocycles. The van der Waals surface area contributed by atoms with Crippen molar-refractivity contribution in [2.24, 2.45) is 23.7 Å². The summed E-state index contributed by atoms with van der Waals surface area (Å²) in [5.41, 5.74) is 1.58. The number of hydrogen-bond donors (Lipinski definition) is 0. The van der Waals surface area contributed by atoms with Gasteiger partial charge in [-0.2, -0.15) is 0 Å². The van der Waals surface area contributed by atoms with Gasteiger partial charge in [-0.15, -0.1) is 0 Å². The van der Waals surface area contributed by atoms with Gasteiger partial charge in [-0.3, -0.25) is 0 Å². The Bertz CT molecular complexity index is 345. The summed E-state index contributed by atoms with van der Waals surface area (Å²) in [5.74, 6) is 3.15. The Labute approximate surface area is 113 Å². The van der Waals surface area contributed by atoms with Crippen LogP contribution in [0.2, 0.25) is 0 Å². The summed E-state index contributed by atoms with van der Waals surface area (Å²) in [6, 6.07) is 0. The van der Waals surface area contributed by atoms with Gasteiger partial charge in [0.2, 0.25) is 0 Å². The average Bonchev–Trinajstić information content (AvgIpc) is 2.37. The highest BCUT2D eigenvalue weighted by molar-refractivity contribution is 5.11. The van der Waals surface area contributed by atoms with E-state index in [0.29, 0.717) is 0 Å². The Morgan fingerprint density at radius 1 is 1.33 bits per heavy atom. The fourth-order valence-electron chi connectivity index (χ4n) is 3.55. The van der Waals surface area contributed by atoms with Gasteiger partial charge >= 0.3 is 0 Å². The van der Waals surface area contributed by atoms with Gasteiger partial charge in [-0.05, 0) is 56.3 Å². The average molecular weight is 244 g/mol. The molecule has 0 saturated heterocycles. The predicted octanol–water partition coefficient (Wildman–Crippen LogP) is 5.53. The first-order valence-corrected chi connectivity index (χ1v) is 7.71. The van der Waals surface area contributed by atoms with Crippen LogP contribution in [0.1, 0.15) is 52.9 Å². The van der Waals surface area contributed by atoms with Gasteiger partial charge in [0, 0.05) is 0 Å². The third kappa shape index (κ3) is 3.37. The lowest BCUT2D eigenvalue weighted by Gasteiger charge is -2.31. The van der Waals surface area contributed by atoms with E-state index in [0.717, 1.165) is 23.7 Å². The highest BCUT2D eigenvalue weighted by Crippen LogP contribution is 2.34. The quantitative estimate of drug-likeness (QED) is 0.573. The summed E-state index contributed by atoms with van der Waals surface area (Å²) in [7, 11) is 0. The number of hydrogen-bond acceptors (Lipinski definition) is 0. The van der Waals surface area contributed by atoms with Crippen molar-refractivity contribution < 1.29 is 0 Å². The van der Waals surface area contributed by atoms with Crippen LogP contribution in [0.25, 0.3) is 0 Å². The van der Waals surface area contributed by atoms with Gasteiger partial charge in [0.05, 0.1) is 0 Å². The molecule has 4 unspecified atom stereocenters. The van der Waals surface area contributed by atoms with Crippen molar-refractivity contribution in [3.8, 4) is 0 Å². The van der Waals surface area contributed by atoms with Crippen molar-refractivity contribution in [3.63, 3.8) is 0 Å². The lowest BCUT2D eigenvalue weighted by molar-refractivity contribution is 0.308. The molecule has 4 atom stereocenters. The molecule has 0 amide bonds. The van der Waals surface area contributed by atoms with Gasteiger partial charge in [-0.25, -0.2) is 0 Å². The van der Waals surface area contributed by atoms with Crippen LogP contribution in [0.4, 0.5) is 0 Å². The Morgan fingerprint density at radius 3 is 2.89 bits per heavy atom. The van der Waals surface area contributed by atoms with E-state index >= 15 is 0 Å². The molecule has 0 heteroatoms. The zero-order valence-electron chi connectivity index (χ0n) is 12.2. The van der Waals surface area contributed by atoms with E-state index in [2.05, 4.69) is 51.2 Å². The molecule has 0 aliphatic heterocycles. The van der Waals surface area contributed by atoms with Crippen LogP contribution in [0.5, 0.6) is 0 Å². The van der Waals surface area contributed by atoms with Crippen molar-refractivity contribution in [2.75, 3.05) is 0 Å². The zero-order valence-corrected chi connectivity index (χ0v) is 12.2. The molecule has 0 bridgehead atoms. The normalized spacial score (nSPS) is 36.9. The molecular formula is C18H28. The van der Waals surface area contributed by atoms with E-state index in [1.54, 1.807) is 5.57 Å². The Balaban J connectivity index is 1.98. The van der Waals surface area contributed by atoms with Gasteiger partial charge in [-0.1, -0.05) is 56.2 Å². The third-order valence-electron chi connectivity index (χ3n) is 4.77. The number of rotatable bonds is 3. The minimum atomic E-state index is 0.722. The van der Waals surface area contributed by atoms with Gasteiger partial charge < -0.3 is 0 Å². The number of allylic oxidation sites excluding steroid dienone is 6. The molecule has 0 heterocycles. The van der Waals surface area contributed by atoms with Crippen LogP contribution >= 0.6 is 0 Å². The van der Waals surface area contributed by atoms with Gasteiger partial charge in [0.25, 0.3) is 0 Å². The molecule has 0 aromatic carbocycles. The molecule has 0 saturated carbocycles. The van der Waals surface area contributed by atoms with E-state index in [1.165, 1.54) is 32.1 Å². The molecule has 100 valence electrons. The largest absolute Gasteiger partial charge is 0.0880 e. The van der Waals surface area contributed by atoms with Crippen molar-refractivity contribution in [2.45, 2.75) is 52.9 Å². The zero-order chi connectivity index (χ0) is 13.0. The fourth-order valence-corrected chi connectivity index (χ4v) is 3.55. The maximum atomic E-state index is 2.55. The van der Waals surface area contributed by atoms with E-state index < -0.39 is 0 Å². The summed E-state index contributed by atoms with van der Waals surface area (Å²) in [5, 5.41) is 0. The monoisotopic (exact) mass is 244 g/mol. The second-order valence-electron chi connectivity index (χ2n) is 6.25. The predicted molar refractivity (Wildman–Crippen MR) is 80.4 cm³/mol. The van der Waals surface area contributed by atoms with Crippen LogP contribution in [-0.2, 0) is 0 Å². The molecule has 0 fully saturated rings. The lowest BCUT2D eigenvalue weighted by atomic mass is 9.74. The van der Waals surface area contributed by atoms with Gasteiger partial charge in [0.1, 0.15) is 0 Å². The van der Waals surface area contributed by atoms with Crippen molar-refractivity contribution in [3.05, 3.63) is 36.0 Å². The van der Waals surface area contributed by atoms with Crippen LogP contribution in [0.15, 0.2) is 36.0 Å². The molecule has 18 heavy (non-hydrogen) atoms. The lowest BCUT2D eigenvalue weighted by Crippen LogP contribution is -2.21. The first-order chi connectivity index (χ1) is 8.70. The van der Waals surface area contributed by atoms with Crippen molar-refractivity contribution in [1.82, 2.24) is 0 Å².